The van der Waals surface area contributed by atoms with Crippen LogP contribution in [0.2, 0.25) is 0 Å². The zero-order chi connectivity index (χ0) is 15.0. The number of aliphatic carboxylic acids is 1. The van der Waals surface area contributed by atoms with Crippen LogP contribution in [0, 0.1) is 11.3 Å². The number of halogens is 3. The summed E-state index contributed by atoms with van der Waals surface area (Å²) in [7, 11) is 0. The highest BCUT2D eigenvalue weighted by Gasteiger charge is 2.61. The second-order valence-electron chi connectivity index (χ2n) is 5.46. The molecule has 3 unspecified atom stereocenters. The van der Waals surface area contributed by atoms with Gasteiger partial charge in [0.15, 0.2) is 5.41 Å². The number of hydrogen-bond donors (Lipinski definition) is 3. The van der Waals surface area contributed by atoms with Gasteiger partial charge in [-0.05, 0) is 25.8 Å². The van der Waals surface area contributed by atoms with Gasteiger partial charge < -0.3 is 15.7 Å². The second kappa shape index (κ2) is 5.23. The van der Waals surface area contributed by atoms with Gasteiger partial charge in [0, 0.05) is 12.6 Å². The summed E-state index contributed by atoms with van der Waals surface area (Å²) in [6.07, 6.45) is -3.56. The highest BCUT2D eigenvalue weighted by atomic mass is 19.4. The molecule has 1 aliphatic heterocycles. The van der Waals surface area contributed by atoms with Crippen LogP contribution in [-0.2, 0) is 9.59 Å². The van der Waals surface area contributed by atoms with Crippen molar-refractivity contribution < 1.29 is 27.9 Å². The van der Waals surface area contributed by atoms with Gasteiger partial charge in [0.2, 0.25) is 5.91 Å². The number of alkyl halides is 3. The quantitative estimate of drug-likeness (QED) is 0.722. The van der Waals surface area contributed by atoms with Gasteiger partial charge in [-0.1, -0.05) is 6.42 Å². The van der Waals surface area contributed by atoms with Crippen molar-refractivity contribution >= 4 is 11.9 Å². The molecule has 0 bridgehead atoms. The summed E-state index contributed by atoms with van der Waals surface area (Å²) in [5, 5.41) is 13.9. The van der Waals surface area contributed by atoms with Crippen LogP contribution in [0.4, 0.5) is 13.2 Å². The zero-order valence-electron chi connectivity index (χ0n) is 10.8. The van der Waals surface area contributed by atoms with E-state index in [9.17, 15) is 22.8 Å². The molecule has 3 N–H and O–H groups in total. The number of carbonyl (C=O) groups is 2. The number of carbonyl (C=O) groups excluding carboxylic acids is 1. The molecule has 0 aromatic rings. The van der Waals surface area contributed by atoms with Gasteiger partial charge in [-0.2, -0.15) is 13.2 Å². The third kappa shape index (κ3) is 2.48. The first-order valence-electron chi connectivity index (χ1n) is 6.59. The maximum atomic E-state index is 13.2. The molecule has 1 heterocycles. The first-order chi connectivity index (χ1) is 9.28. The van der Waals surface area contributed by atoms with E-state index in [2.05, 4.69) is 10.6 Å². The van der Waals surface area contributed by atoms with Crippen LogP contribution in [-0.4, -0.2) is 42.3 Å². The molecule has 8 heteroatoms. The Morgan fingerprint density at radius 2 is 2.00 bits per heavy atom. The summed E-state index contributed by atoms with van der Waals surface area (Å²) in [6.45, 7) is -0.327. The fourth-order valence-electron chi connectivity index (χ4n) is 2.99. The Balaban J connectivity index is 2.12. The molecule has 0 aromatic carbocycles. The molecule has 1 aliphatic carbocycles. The van der Waals surface area contributed by atoms with E-state index in [1.165, 1.54) is 0 Å². The number of nitrogens with one attached hydrogen (secondary N) is 2. The number of carboxylic acid groups (broad SMARTS) is 1. The minimum absolute atomic E-state index is 0.125. The van der Waals surface area contributed by atoms with E-state index in [0.717, 1.165) is 0 Å². The molecule has 114 valence electrons. The van der Waals surface area contributed by atoms with Crippen molar-refractivity contribution in [2.24, 2.45) is 11.3 Å². The molecule has 5 nitrogen and oxygen atoms in total. The summed E-state index contributed by atoms with van der Waals surface area (Å²) in [5.41, 5.74) is -2.43. The molecule has 2 rings (SSSR count). The fourth-order valence-corrected chi connectivity index (χ4v) is 2.99. The standard InChI is InChI=1S/C12H17F3N2O3/c13-12(14,15)11(4-5-16-6-11)10(20)17-8-3-1-2-7(8)9(18)19/h7-8,16H,1-6H2,(H,17,20)(H,18,19). The van der Waals surface area contributed by atoms with Gasteiger partial charge in [0.05, 0.1) is 5.92 Å². The van der Waals surface area contributed by atoms with Crippen molar-refractivity contribution in [1.82, 2.24) is 10.6 Å². The molecule has 0 radical (unpaired) electrons. The lowest BCUT2D eigenvalue weighted by molar-refractivity contribution is -0.216. The van der Waals surface area contributed by atoms with Crippen LogP contribution < -0.4 is 10.6 Å². The van der Waals surface area contributed by atoms with Crippen molar-refractivity contribution in [3.8, 4) is 0 Å². The fraction of sp³-hybridized carbons (Fsp3) is 0.833. The lowest BCUT2D eigenvalue weighted by Gasteiger charge is -2.31. The molecule has 0 spiro atoms. The van der Waals surface area contributed by atoms with E-state index in [4.69, 9.17) is 5.11 Å². The van der Waals surface area contributed by atoms with Crippen LogP contribution in [0.25, 0.3) is 0 Å². The predicted octanol–water partition coefficient (Wildman–Crippen LogP) is 0.898. The van der Waals surface area contributed by atoms with Gasteiger partial charge in [-0.25, -0.2) is 0 Å². The Kier molecular flexibility index (Phi) is 3.95. The number of carboxylic acids is 1. The Bertz CT molecular complexity index is 405. The number of hydrogen-bond acceptors (Lipinski definition) is 3. The van der Waals surface area contributed by atoms with E-state index in [-0.39, 0.29) is 13.0 Å². The zero-order valence-corrected chi connectivity index (χ0v) is 10.8. The van der Waals surface area contributed by atoms with Crippen molar-refractivity contribution in [2.45, 2.75) is 37.9 Å². The average molecular weight is 294 g/mol. The van der Waals surface area contributed by atoms with E-state index >= 15 is 0 Å². The molecular weight excluding hydrogens is 277 g/mol. The SMILES string of the molecule is O=C(O)C1CCCC1NC(=O)C1(C(F)(F)F)CCNC1. The van der Waals surface area contributed by atoms with Crippen LogP contribution in [0.15, 0.2) is 0 Å². The molecule has 2 aliphatic rings. The molecule has 0 aromatic heterocycles. The summed E-state index contributed by atoms with van der Waals surface area (Å²) in [5.74, 6) is -2.97. The van der Waals surface area contributed by atoms with Gasteiger partial charge in [-0.15, -0.1) is 0 Å². The number of rotatable bonds is 3. The molecule has 3 atom stereocenters. The minimum Gasteiger partial charge on any atom is -0.481 e. The molecule has 1 saturated heterocycles. The lowest BCUT2D eigenvalue weighted by Crippen LogP contribution is -2.55. The van der Waals surface area contributed by atoms with Gasteiger partial charge in [0.1, 0.15) is 0 Å². The molecule has 2 fully saturated rings. The molecule has 1 saturated carbocycles. The van der Waals surface area contributed by atoms with Crippen molar-refractivity contribution in [3.63, 3.8) is 0 Å². The Hall–Kier alpha value is -1.31. The smallest absolute Gasteiger partial charge is 0.404 e. The Labute approximate surface area is 113 Å². The predicted molar refractivity (Wildman–Crippen MR) is 62.9 cm³/mol. The maximum absolute atomic E-state index is 13.2. The largest absolute Gasteiger partial charge is 0.481 e. The normalized spacial score (nSPS) is 34.1. The summed E-state index contributed by atoms with van der Waals surface area (Å²) < 4.78 is 39.5. The van der Waals surface area contributed by atoms with Crippen LogP contribution in [0.1, 0.15) is 25.7 Å². The van der Waals surface area contributed by atoms with Gasteiger partial charge in [0.25, 0.3) is 0 Å². The van der Waals surface area contributed by atoms with Crippen LogP contribution in [0.3, 0.4) is 0 Å². The van der Waals surface area contributed by atoms with E-state index < -0.39 is 42.0 Å². The maximum Gasteiger partial charge on any atom is 0.404 e. The topological polar surface area (TPSA) is 78.4 Å². The van der Waals surface area contributed by atoms with E-state index in [0.29, 0.717) is 19.3 Å². The molecule has 20 heavy (non-hydrogen) atoms. The van der Waals surface area contributed by atoms with E-state index in [1.54, 1.807) is 0 Å². The first kappa shape index (κ1) is 15.1. The lowest BCUT2D eigenvalue weighted by atomic mass is 9.84. The third-order valence-corrected chi connectivity index (χ3v) is 4.28. The van der Waals surface area contributed by atoms with Crippen LogP contribution in [0.5, 0.6) is 0 Å². The van der Waals surface area contributed by atoms with E-state index in [1.807, 2.05) is 0 Å². The monoisotopic (exact) mass is 294 g/mol. The second-order valence-corrected chi connectivity index (χ2v) is 5.46. The first-order valence-corrected chi connectivity index (χ1v) is 6.59. The van der Waals surface area contributed by atoms with Gasteiger partial charge in [-0.3, -0.25) is 9.59 Å². The highest BCUT2D eigenvalue weighted by molar-refractivity contribution is 5.85. The Morgan fingerprint density at radius 1 is 1.30 bits per heavy atom. The Morgan fingerprint density at radius 3 is 2.50 bits per heavy atom. The van der Waals surface area contributed by atoms with Crippen molar-refractivity contribution in [2.75, 3.05) is 13.1 Å². The summed E-state index contributed by atoms with van der Waals surface area (Å²) >= 11 is 0. The van der Waals surface area contributed by atoms with Crippen molar-refractivity contribution in [1.29, 1.82) is 0 Å². The summed E-state index contributed by atoms with van der Waals surface area (Å²) in [4.78, 5) is 23.1. The highest BCUT2D eigenvalue weighted by Crippen LogP contribution is 2.43. The summed E-state index contributed by atoms with van der Waals surface area (Å²) in [6, 6.07) is -0.708. The molecule has 1 amide bonds. The number of amides is 1. The molecular formula is C12H17F3N2O3. The van der Waals surface area contributed by atoms with Gasteiger partial charge >= 0.3 is 12.1 Å². The van der Waals surface area contributed by atoms with Crippen LogP contribution >= 0.6 is 0 Å². The van der Waals surface area contributed by atoms with Crippen molar-refractivity contribution in [3.05, 3.63) is 0 Å². The minimum atomic E-state index is -4.64. The third-order valence-electron chi connectivity index (χ3n) is 4.28. The average Bonchev–Trinajstić information content (AvgIpc) is 2.96.